The fourth-order valence-electron chi connectivity index (χ4n) is 5.94. The van der Waals surface area contributed by atoms with E-state index in [1.807, 2.05) is 12.1 Å². The Labute approximate surface area is 290 Å². The minimum absolute atomic E-state index is 0.0853. The largest absolute Gasteiger partial charge is 0.355 e. The van der Waals surface area contributed by atoms with Gasteiger partial charge in [-0.2, -0.15) is 0 Å². The molecule has 2 atom stereocenters. The average Bonchev–Trinajstić information content (AvgIpc) is 3.48. The molecule has 0 saturated carbocycles. The van der Waals surface area contributed by atoms with Gasteiger partial charge < -0.3 is 10.6 Å². The molecular formula is C36H26Cl2N2O8S. The SMILES string of the molecule is O=C(NCCc1cccc(Cl)c1)C1C(=O)c2ccc(S(=O)(=O)c3ccc4c(c3)C(=O)C(C(=O)NCCc3cccc(Cl)c3)C4=O)cc2C1=O. The summed E-state index contributed by atoms with van der Waals surface area (Å²) in [6.45, 7) is 0.272. The van der Waals surface area contributed by atoms with Crippen molar-refractivity contribution in [2.45, 2.75) is 22.6 Å². The van der Waals surface area contributed by atoms with Crippen molar-refractivity contribution in [3.8, 4) is 0 Å². The van der Waals surface area contributed by atoms with Crippen LogP contribution >= 0.6 is 23.2 Å². The Balaban J connectivity index is 1.15. The molecule has 0 fully saturated rings. The van der Waals surface area contributed by atoms with Gasteiger partial charge in [0, 0.05) is 45.4 Å². The number of nitrogens with one attached hydrogen (secondary N) is 2. The van der Waals surface area contributed by atoms with Gasteiger partial charge >= 0.3 is 0 Å². The molecule has 2 unspecified atom stereocenters. The zero-order chi connectivity index (χ0) is 35.0. The highest BCUT2D eigenvalue weighted by Crippen LogP contribution is 2.34. The highest BCUT2D eigenvalue weighted by Gasteiger charge is 2.45. The first-order valence-electron chi connectivity index (χ1n) is 15.1. The Kier molecular flexibility index (Phi) is 9.35. The summed E-state index contributed by atoms with van der Waals surface area (Å²) in [5, 5.41) is 6.23. The van der Waals surface area contributed by atoms with Crippen LogP contribution < -0.4 is 10.6 Å². The van der Waals surface area contributed by atoms with E-state index in [2.05, 4.69) is 10.6 Å². The number of sulfone groups is 1. The van der Waals surface area contributed by atoms with E-state index in [1.165, 1.54) is 12.1 Å². The number of carbonyl (C=O) groups is 6. The molecule has 2 amide bonds. The highest BCUT2D eigenvalue weighted by atomic mass is 35.5. The number of carbonyl (C=O) groups excluding carboxylic acids is 6. The number of benzene rings is 4. The van der Waals surface area contributed by atoms with E-state index in [-0.39, 0.29) is 45.1 Å². The van der Waals surface area contributed by atoms with Gasteiger partial charge in [-0.3, -0.25) is 28.8 Å². The van der Waals surface area contributed by atoms with Gasteiger partial charge in [-0.1, -0.05) is 47.5 Å². The first kappa shape index (κ1) is 33.9. The maximum Gasteiger partial charge on any atom is 0.238 e. The first-order valence-corrected chi connectivity index (χ1v) is 17.3. The molecule has 2 aliphatic carbocycles. The second kappa shape index (κ2) is 13.5. The smallest absolute Gasteiger partial charge is 0.238 e. The van der Waals surface area contributed by atoms with Crippen molar-refractivity contribution in [3.05, 3.63) is 128 Å². The van der Waals surface area contributed by atoms with Crippen LogP contribution in [0.25, 0.3) is 0 Å². The lowest BCUT2D eigenvalue weighted by atomic mass is 10.0. The fraction of sp³-hybridized carbons (Fsp3) is 0.167. The maximum absolute atomic E-state index is 13.7. The van der Waals surface area contributed by atoms with E-state index in [1.54, 1.807) is 36.4 Å². The van der Waals surface area contributed by atoms with E-state index in [4.69, 9.17) is 23.2 Å². The summed E-state index contributed by atoms with van der Waals surface area (Å²) in [6.07, 6.45) is 0.808. The summed E-state index contributed by atoms with van der Waals surface area (Å²) >= 11 is 12.0. The molecular weight excluding hydrogens is 691 g/mol. The average molecular weight is 718 g/mol. The van der Waals surface area contributed by atoms with Gasteiger partial charge in [0.1, 0.15) is 0 Å². The molecule has 0 spiro atoms. The molecule has 0 bridgehead atoms. The van der Waals surface area contributed by atoms with Crippen LogP contribution in [0.5, 0.6) is 0 Å². The summed E-state index contributed by atoms with van der Waals surface area (Å²) in [5.74, 6) is -8.10. The molecule has 2 aliphatic rings. The zero-order valence-electron chi connectivity index (χ0n) is 25.5. The molecule has 0 radical (unpaired) electrons. The molecule has 13 heteroatoms. The van der Waals surface area contributed by atoms with E-state index in [0.29, 0.717) is 22.9 Å². The molecule has 0 saturated heterocycles. The number of hydrogen-bond acceptors (Lipinski definition) is 8. The van der Waals surface area contributed by atoms with Crippen molar-refractivity contribution in [2.75, 3.05) is 13.1 Å². The Hall–Kier alpha value is -4.97. The van der Waals surface area contributed by atoms with Gasteiger partial charge in [0.15, 0.2) is 35.0 Å². The molecule has 4 aromatic carbocycles. The number of Topliss-reactive ketones (excluding diaryl/α,β-unsaturated/α-hetero) is 4. The monoisotopic (exact) mass is 716 g/mol. The van der Waals surface area contributed by atoms with Crippen LogP contribution in [0.2, 0.25) is 10.0 Å². The Morgan fingerprint density at radius 3 is 1.33 bits per heavy atom. The van der Waals surface area contributed by atoms with Crippen molar-refractivity contribution < 1.29 is 37.2 Å². The number of halogens is 2. The van der Waals surface area contributed by atoms with Crippen LogP contribution in [0.4, 0.5) is 0 Å². The standard InChI is InChI=1S/C36H26Cl2N2O8S/c37-21-5-1-3-19(15-21)11-13-39-35(45)29-31(41)25-9-7-23(17-27(25)33(29)43)49(47,48)24-8-10-26-28(18-24)34(44)30(32(26)42)36(46)40-14-12-20-4-2-6-22(38)16-20/h1-10,15-18,29-30H,11-14H2,(H,39,45)(H,40,46). The van der Waals surface area contributed by atoms with Crippen molar-refractivity contribution >= 4 is 68.0 Å². The summed E-state index contributed by atoms with van der Waals surface area (Å²) in [4.78, 5) is 77.6. The lowest BCUT2D eigenvalue weighted by Crippen LogP contribution is -2.37. The predicted octanol–water partition coefficient (Wildman–Crippen LogP) is 4.53. The Morgan fingerprint density at radius 2 is 0.939 bits per heavy atom. The van der Waals surface area contributed by atoms with E-state index in [9.17, 15) is 37.2 Å². The van der Waals surface area contributed by atoms with Crippen LogP contribution in [0.1, 0.15) is 52.6 Å². The van der Waals surface area contributed by atoms with Crippen molar-refractivity contribution in [1.29, 1.82) is 0 Å². The van der Waals surface area contributed by atoms with Crippen LogP contribution in [0.15, 0.2) is 94.7 Å². The molecule has 0 aromatic heterocycles. The summed E-state index contributed by atoms with van der Waals surface area (Å²) in [5.41, 5.74) is 1.08. The quantitative estimate of drug-likeness (QED) is 0.226. The lowest BCUT2D eigenvalue weighted by molar-refractivity contribution is -0.123. The first-order chi connectivity index (χ1) is 23.4. The third-order valence-electron chi connectivity index (χ3n) is 8.44. The van der Waals surface area contributed by atoms with E-state index >= 15 is 0 Å². The maximum atomic E-state index is 13.7. The van der Waals surface area contributed by atoms with Crippen LogP contribution in [-0.2, 0) is 32.3 Å². The molecule has 49 heavy (non-hydrogen) atoms. The second-order valence-electron chi connectivity index (χ2n) is 11.6. The third kappa shape index (κ3) is 6.57. The minimum atomic E-state index is -4.39. The summed E-state index contributed by atoms with van der Waals surface area (Å²) < 4.78 is 27.3. The zero-order valence-corrected chi connectivity index (χ0v) is 27.8. The van der Waals surface area contributed by atoms with Crippen LogP contribution in [0, 0.1) is 11.8 Å². The Morgan fingerprint density at radius 1 is 0.551 bits per heavy atom. The molecule has 0 heterocycles. The molecule has 0 aliphatic heterocycles. The van der Waals surface area contributed by atoms with E-state index < -0.39 is 56.6 Å². The lowest BCUT2D eigenvalue weighted by Gasteiger charge is -2.09. The van der Waals surface area contributed by atoms with E-state index in [0.717, 1.165) is 35.4 Å². The number of fused-ring (bicyclic) bond motifs is 2. The van der Waals surface area contributed by atoms with Gasteiger partial charge in [0.05, 0.1) is 9.79 Å². The minimum Gasteiger partial charge on any atom is -0.355 e. The van der Waals surface area contributed by atoms with Gasteiger partial charge in [0.25, 0.3) is 0 Å². The van der Waals surface area contributed by atoms with Crippen molar-refractivity contribution in [3.63, 3.8) is 0 Å². The molecule has 10 nitrogen and oxygen atoms in total. The summed E-state index contributed by atoms with van der Waals surface area (Å²) in [7, 11) is -4.39. The van der Waals surface area contributed by atoms with Crippen LogP contribution in [-0.4, -0.2) is 56.5 Å². The normalized spacial score (nSPS) is 16.8. The number of hydrogen-bond donors (Lipinski definition) is 2. The predicted molar refractivity (Wildman–Crippen MR) is 179 cm³/mol. The number of ketones is 4. The molecule has 248 valence electrons. The fourth-order valence-corrected chi connectivity index (χ4v) is 7.68. The van der Waals surface area contributed by atoms with Crippen molar-refractivity contribution in [2.24, 2.45) is 11.8 Å². The molecule has 6 rings (SSSR count). The van der Waals surface area contributed by atoms with Gasteiger partial charge in [-0.05, 0) is 84.6 Å². The Bertz CT molecular complexity index is 2070. The molecule has 2 N–H and O–H groups in total. The number of rotatable bonds is 10. The summed E-state index contributed by atoms with van der Waals surface area (Å²) in [6, 6.07) is 20.7. The van der Waals surface area contributed by atoms with Crippen LogP contribution in [0.3, 0.4) is 0 Å². The van der Waals surface area contributed by atoms with Gasteiger partial charge in [-0.25, -0.2) is 8.42 Å². The second-order valence-corrected chi connectivity index (χ2v) is 14.4. The number of amides is 2. The topological polar surface area (TPSA) is 161 Å². The van der Waals surface area contributed by atoms with Gasteiger partial charge in [-0.15, -0.1) is 0 Å². The van der Waals surface area contributed by atoms with Crippen molar-refractivity contribution in [1.82, 2.24) is 10.6 Å². The third-order valence-corrected chi connectivity index (χ3v) is 10.7. The molecule has 4 aromatic rings. The highest BCUT2D eigenvalue weighted by molar-refractivity contribution is 7.91. The van der Waals surface area contributed by atoms with Gasteiger partial charge in [0.2, 0.25) is 21.7 Å².